The van der Waals surface area contributed by atoms with Gasteiger partial charge in [0.05, 0.1) is 29.3 Å². The minimum Gasteiger partial charge on any atom is -0.348 e. The molecule has 2 aliphatic heterocycles. The Morgan fingerprint density at radius 1 is 1.29 bits per heavy atom. The van der Waals surface area contributed by atoms with E-state index in [-0.39, 0.29) is 17.7 Å². The number of hydrogen-bond donors (Lipinski definition) is 2. The van der Waals surface area contributed by atoms with Crippen LogP contribution < -0.4 is 10.6 Å². The number of amides is 2. The lowest BCUT2D eigenvalue weighted by Crippen LogP contribution is -2.19. The topological polar surface area (TPSA) is 104 Å². The van der Waals surface area contributed by atoms with E-state index in [4.69, 9.17) is 0 Å². The van der Waals surface area contributed by atoms with Gasteiger partial charge in [0, 0.05) is 50.4 Å². The van der Waals surface area contributed by atoms with Gasteiger partial charge in [-0.1, -0.05) is 17.7 Å². The minimum absolute atomic E-state index is 0.141. The number of carbonyl (C=O) groups excluding carboxylic acids is 2. The smallest absolute Gasteiger partial charge is 0.254 e. The van der Waals surface area contributed by atoms with Crippen LogP contribution in [0.5, 0.6) is 0 Å². The summed E-state index contributed by atoms with van der Waals surface area (Å²) in [6.07, 6.45) is 11.4. The number of nitrogens with one attached hydrogen (secondary N) is 2. The molecule has 0 bridgehead atoms. The number of allylic oxidation sites excluding steroid dienone is 2. The second-order valence-corrected chi connectivity index (χ2v) is 8.57. The average Bonchev–Trinajstić information content (AvgIpc) is 3.54. The molecule has 0 spiro atoms. The van der Waals surface area contributed by atoms with Crippen molar-refractivity contribution in [1.29, 1.82) is 0 Å². The highest BCUT2D eigenvalue weighted by molar-refractivity contribution is 6.05. The van der Waals surface area contributed by atoms with Crippen LogP contribution in [0.2, 0.25) is 0 Å². The first-order valence-corrected chi connectivity index (χ1v) is 11.0. The monoisotopic (exact) mass is 455 g/mol. The third kappa shape index (κ3) is 3.75. The lowest BCUT2D eigenvalue weighted by Gasteiger charge is -2.14. The molecule has 0 radical (unpaired) electrons. The van der Waals surface area contributed by atoms with E-state index < -0.39 is 0 Å². The van der Waals surface area contributed by atoms with Crippen LogP contribution in [0, 0.1) is 5.92 Å². The van der Waals surface area contributed by atoms with E-state index in [9.17, 15) is 9.59 Å². The maximum absolute atomic E-state index is 12.7. The Bertz CT molecular complexity index is 1390. The highest BCUT2D eigenvalue weighted by atomic mass is 16.2. The molecule has 0 aliphatic carbocycles. The molecular weight excluding hydrogens is 430 g/mol. The summed E-state index contributed by atoms with van der Waals surface area (Å²) < 4.78 is 1.95. The third-order valence-electron chi connectivity index (χ3n) is 6.48. The molecule has 172 valence electrons. The molecule has 1 aromatic carbocycles. The number of carbonyl (C=O) groups is 2. The molecule has 2 aromatic heterocycles. The van der Waals surface area contributed by atoms with E-state index in [1.165, 1.54) is 0 Å². The first-order chi connectivity index (χ1) is 16.5. The fourth-order valence-electron chi connectivity index (χ4n) is 4.52. The number of aliphatic imine (C=N–C) groups is 1. The number of benzene rings is 1. The van der Waals surface area contributed by atoms with Gasteiger partial charge in [-0.15, -0.1) is 0 Å². The number of aromatic nitrogens is 3. The van der Waals surface area contributed by atoms with Crippen LogP contribution in [0.4, 0.5) is 5.69 Å². The zero-order chi connectivity index (χ0) is 23.8. The van der Waals surface area contributed by atoms with Crippen molar-refractivity contribution in [1.82, 2.24) is 24.6 Å². The molecule has 0 unspecified atom stereocenters. The molecule has 1 saturated heterocycles. The van der Waals surface area contributed by atoms with Gasteiger partial charge in [0.15, 0.2) is 5.65 Å². The molecule has 0 saturated carbocycles. The van der Waals surface area contributed by atoms with Crippen LogP contribution in [-0.2, 0) is 11.3 Å². The Kier molecular flexibility index (Phi) is 5.45. The van der Waals surface area contributed by atoms with Gasteiger partial charge in [0.2, 0.25) is 5.91 Å². The SMILES string of the molecule is C=N/C(=C\C=C(/C)[C@H]1CC(=O)N(C)C1)Nc1ccc(-c2cnc3cnccn23)c2c1C(=O)NC2. The predicted octanol–water partition coefficient (Wildman–Crippen LogP) is 3.02. The molecule has 34 heavy (non-hydrogen) atoms. The first kappa shape index (κ1) is 21.6. The van der Waals surface area contributed by atoms with E-state index in [0.29, 0.717) is 36.6 Å². The van der Waals surface area contributed by atoms with Crippen LogP contribution in [0.15, 0.2) is 65.5 Å². The molecule has 1 fully saturated rings. The van der Waals surface area contributed by atoms with Crippen molar-refractivity contribution in [2.24, 2.45) is 10.9 Å². The summed E-state index contributed by atoms with van der Waals surface area (Å²) in [4.78, 5) is 39.0. The van der Waals surface area contributed by atoms with Crippen molar-refractivity contribution in [3.05, 3.63) is 71.6 Å². The largest absolute Gasteiger partial charge is 0.348 e. The Morgan fingerprint density at radius 3 is 2.91 bits per heavy atom. The summed E-state index contributed by atoms with van der Waals surface area (Å²) in [5.74, 6) is 0.727. The maximum atomic E-state index is 12.7. The van der Waals surface area contributed by atoms with Crippen LogP contribution >= 0.6 is 0 Å². The molecule has 9 nitrogen and oxygen atoms in total. The van der Waals surface area contributed by atoms with E-state index >= 15 is 0 Å². The highest BCUT2D eigenvalue weighted by Crippen LogP contribution is 2.35. The summed E-state index contributed by atoms with van der Waals surface area (Å²) in [5, 5.41) is 6.18. The number of rotatable bonds is 6. The number of fused-ring (bicyclic) bond motifs is 2. The van der Waals surface area contributed by atoms with Gasteiger partial charge in [-0.3, -0.25) is 19.0 Å². The van der Waals surface area contributed by atoms with Crippen LogP contribution in [0.25, 0.3) is 16.9 Å². The van der Waals surface area contributed by atoms with E-state index in [0.717, 1.165) is 28.0 Å². The third-order valence-corrected chi connectivity index (χ3v) is 6.48. The minimum atomic E-state index is -0.141. The van der Waals surface area contributed by atoms with E-state index in [2.05, 4.69) is 32.3 Å². The quantitative estimate of drug-likeness (QED) is 0.439. The second-order valence-electron chi connectivity index (χ2n) is 8.57. The molecule has 2 amide bonds. The summed E-state index contributed by atoms with van der Waals surface area (Å²) in [5.41, 5.74) is 5.80. The molecule has 4 heterocycles. The zero-order valence-electron chi connectivity index (χ0n) is 19.1. The summed E-state index contributed by atoms with van der Waals surface area (Å²) in [6, 6.07) is 3.85. The van der Waals surface area contributed by atoms with Gasteiger partial charge in [-0.25, -0.2) is 9.98 Å². The van der Waals surface area contributed by atoms with Gasteiger partial charge in [0.25, 0.3) is 5.91 Å². The number of anilines is 1. The van der Waals surface area contributed by atoms with Gasteiger partial charge >= 0.3 is 0 Å². The Balaban J connectivity index is 1.46. The second kappa shape index (κ2) is 8.58. The van der Waals surface area contributed by atoms with Crippen molar-refractivity contribution in [3.8, 4) is 11.3 Å². The van der Waals surface area contributed by atoms with Crippen LogP contribution in [0.3, 0.4) is 0 Å². The average molecular weight is 456 g/mol. The van der Waals surface area contributed by atoms with Gasteiger partial charge < -0.3 is 15.5 Å². The normalized spacial score (nSPS) is 18.4. The summed E-state index contributed by atoms with van der Waals surface area (Å²) >= 11 is 0. The van der Waals surface area contributed by atoms with Crippen molar-refractivity contribution in [3.63, 3.8) is 0 Å². The van der Waals surface area contributed by atoms with Crippen molar-refractivity contribution in [2.45, 2.75) is 19.9 Å². The number of nitrogens with zero attached hydrogens (tertiary/aromatic N) is 5. The number of imidazole rings is 1. The van der Waals surface area contributed by atoms with Gasteiger partial charge in [-0.05, 0) is 31.3 Å². The predicted molar refractivity (Wildman–Crippen MR) is 130 cm³/mol. The van der Waals surface area contributed by atoms with Gasteiger partial charge in [-0.2, -0.15) is 0 Å². The van der Waals surface area contributed by atoms with Gasteiger partial charge in [0.1, 0.15) is 5.82 Å². The van der Waals surface area contributed by atoms with E-state index in [1.807, 2.05) is 48.9 Å². The summed E-state index contributed by atoms with van der Waals surface area (Å²) in [6.45, 7) is 6.83. The van der Waals surface area contributed by atoms with Crippen LogP contribution in [-0.4, -0.2) is 51.4 Å². The molecular formula is C25H25N7O2. The first-order valence-electron chi connectivity index (χ1n) is 11.0. The molecule has 2 N–H and O–H groups in total. The molecule has 9 heteroatoms. The molecule has 1 atom stereocenters. The Morgan fingerprint density at radius 2 is 2.15 bits per heavy atom. The lowest BCUT2D eigenvalue weighted by molar-refractivity contribution is -0.126. The zero-order valence-corrected chi connectivity index (χ0v) is 19.1. The number of hydrogen-bond acceptors (Lipinski definition) is 6. The van der Waals surface area contributed by atoms with Crippen molar-refractivity contribution < 1.29 is 9.59 Å². The fraction of sp³-hybridized carbons (Fsp3) is 0.240. The maximum Gasteiger partial charge on any atom is 0.254 e. The molecule has 5 rings (SSSR count). The Labute approximate surface area is 196 Å². The summed E-state index contributed by atoms with van der Waals surface area (Å²) in [7, 11) is 1.82. The van der Waals surface area contributed by atoms with Crippen molar-refractivity contribution >= 4 is 29.9 Å². The Hall–Kier alpha value is -4.27. The fourth-order valence-corrected chi connectivity index (χ4v) is 4.52. The van der Waals surface area contributed by atoms with E-state index in [1.54, 1.807) is 23.5 Å². The molecule has 2 aliphatic rings. The highest BCUT2D eigenvalue weighted by Gasteiger charge is 2.28. The lowest BCUT2D eigenvalue weighted by atomic mass is 9.98. The van der Waals surface area contributed by atoms with Crippen molar-refractivity contribution in [2.75, 3.05) is 18.9 Å². The van der Waals surface area contributed by atoms with Crippen LogP contribution in [0.1, 0.15) is 29.3 Å². The number of likely N-dealkylation sites (tertiary alicyclic amines) is 1. The standard InChI is InChI=1S/C25H25N7O2/c1-15(16-10-23(33)31(3)14-16)4-7-21(26-2)30-19-6-5-17(18-11-29-25(34)24(18)19)20-12-28-22-13-27-8-9-32(20)22/h4-9,12-13,16,30H,2,10-11,14H2,1,3H3,(H,29,34)/b15-4+,21-7+/t16-/m0/s1. The molecule has 3 aromatic rings.